The van der Waals surface area contributed by atoms with Crippen LogP contribution in [0.25, 0.3) is 0 Å². The number of rotatable bonds is 6. The molecular weight excluding hydrogens is 312 g/mol. The zero-order valence-corrected chi connectivity index (χ0v) is 14.3. The van der Waals surface area contributed by atoms with Gasteiger partial charge in [-0.05, 0) is 38.6 Å². The predicted molar refractivity (Wildman–Crippen MR) is 83.5 cm³/mol. The number of sulfone groups is 1. The summed E-state index contributed by atoms with van der Waals surface area (Å²) in [6.07, 6.45) is 3.35. The lowest BCUT2D eigenvalue weighted by atomic mass is 10.2. The van der Waals surface area contributed by atoms with Crippen molar-refractivity contribution >= 4 is 19.9 Å². The molecule has 2 rings (SSSR count). The molecule has 0 spiro atoms. The number of sulfonamides is 1. The zero-order chi connectivity index (χ0) is 15.5. The fourth-order valence-electron chi connectivity index (χ4n) is 3.11. The average Bonchev–Trinajstić information content (AvgIpc) is 2.90. The minimum absolute atomic E-state index is 0.00145. The standard InChI is InChI=1S/C13H26N2O4S2/c1-2-8-15(11-12-4-3-7-14-12)21(18,19)13-5-9-20(16,17)10-6-13/h12-14H,2-11H2,1H3. The van der Waals surface area contributed by atoms with Crippen LogP contribution in [0.3, 0.4) is 0 Å². The molecule has 2 fully saturated rings. The molecule has 1 N–H and O–H groups in total. The second kappa shape index (κ2) is 6.93. The highest BCUT2D eigenvalue weighted by Crippen LogP contribution is 2.23. The molecule has 1 unspecified atom stereocenters. The molecule has 1 atom stereocenters. The van der Waals surface area contributed by atoms with Crippen molar-refractivity contribution in [1.82, 2.24) is 9.62 Å². The van der Waals surface area contributed by atoms with E-state index in [9.17, 15) is 16.8 Å². The van der Waals surface area contributed by atoms with Gasteiger partial charge in [-0.15, -0.1) is 0 Å². The Morgan fingerprint density at radius 1 is 1.19 bits per heavy atom. The first kappa shape index (κ1) is 17.2. The minimum Gasteiger partial charge on any atom is -0.313 e. The van der Waals surface area contributed by atoms with Gasteiger partial charge in [0.2, 0.25) is 10.0 Å². The summed E-state index contributed by atoms with van der Waals surface area (Å²) in [5.74, 6) is -0.00290. The lowest BCUT2D eigenvalue weighted by Crippen LogP contribution is -2.47. The van der Waals surface area contributed by atoms with Gasteiger partial charge >= 0.3 is 0 Å². The van der Waals surface area contributed by atoms with E-state index in [4.69, 9.17) is 0 Å². The van der Waals surface area contributed by atoms with Crippen molar-refractivity contribution in [3.8, 4) is 0 Å². The summed E-state index contributed by atoms with van der Waals surface area (Å²) in [6.45, 7) is 3.95. The SMILES string of the molecule is CCCN(CC1CCCN1)S(=O)(=O)C1CCS(=O)(=O)CC1. The van der Waals surface area contributed by atoms with Crippen LogP contribution in [0.2, 0.25) is 0 Å². The molecule has 2 saturated heterocycles. The summed E-state index contributed by atoms with van der Waals surface area (Å²) in [7, 11) is -6.43. The van der Waals surface area contributed by atoms with Crippen molar-refractivity contribution < 1.29 is 16.8 Å². The summed E-state index contributed by atoms with van der Waals surface area (Å²) >= 11 is 0. The van der Waals surface area contributed by atoms with Gasteiger partial charge in [0.05, 0.1) is 16.8 Å². The van der Waals surface area contributed by atoms with Gasteiger partial charge in [0, 0.05) is 19.1 Å². The molecule has 0 amide bonds. The Bertz CT molecular complexity index is 525. The third kappa shape index (κ3) is 4.40. The first-order valence-electron chi connectivity index (χ1n) is 7.78. The second-order valence-electron chi connectivity index (χ2n) is 6.05. The van der Waals surface area contributed by atoms with Crippen LogP contribution in [-0.4, -0.2) is 63.6 Å². The van der Waals surface area contributed by atoms with E-state index < -0.39 is 25.1 Å². The van der Waals surface area contributed by atoms with E-state index in [1.807, 2.05) is 6.92 Å². The Morgan fingerprint density at radius 2 is 1.86 bits per heavy atom. The molecule has 0 aromatic heterocycles. The summed E-state index contributed by atoms with van der Waals surface area (Å²) in [5.41, 5.74) is 0. The first-order chi connectivity index (χ1) is 9.85. The van der Waals surface area contributed by atoms with Crippen LogP contribution in [-0.2, 0) is 19.9 Å². The highest BCUT2D eigenvalue weighted by atomic mass is 32.2. The Balaban J connectivity index is 2.06. The molecule has 2 heterocycles. The number of hydrogen-bond donors (Lipinski definition) is 1. The first-order valence-corrected chi connectivity index (χ1v) is 11.1. The van der Waals surface area contributed by atoms with Crippen molar-refractivity contribution in [2.75, 3.05) is 31.1 Å². The maximum absolute atomic E-state index is 12.8. The van der Waals surface area contributed by atoms with Crippen molar-refractivity contribution in [2.24, 2.45) is 0 Å². The predicted octanol–water partition coefficient (Wildman–Crippen LogP) is 0.357. The Hall–Kier alpha value is -0.180. The van der Waals surface area contributed by atoms with Crippen molar-refractivity contribution in [3.05, 3.63) is 0 Å². The molecule has 0 aliphatic carbocycles. The molecule has 2 aliphatic rings. The molecule has 0 saturated carbocycles. The minimum atomic E-state index is -3.40. The topological polar surface area (TPSA) is 83.6 Å². The highest BCUT2D eigenvalue weighted by Gasteiger charge is 2.37. The van der Waals surface area contributed by atoms with Gasteiger partial charge in [0.1, 0.15) is 9.84 Å². The zero-order valence-electron chi connectivity index (χ0n) is 12.6. The van der Waals surface area contributed by atoms with E-state index in [2.05, 4.69) is 5.32 Å². The Kier molecular flexibility index (Phi) is 5.67. The molecule has 0 aromatic rings. The number of hydrogen-bond acceptors (Lipinski definition) is 5. The molecule has 0 radical (unpaired) electrons. The van der Waals surface area contributed by atoms with Gasteiger partial charge in [-0.1, -0.05) is 6.92 Å². The van der Waals surface area contributed by atoms with Gasteiger partial charge in [0.15, 0.2) is 0 Å². The van der Waals surface area contributed by atoms with E-state index in [1.165, 1.54) is 0 Å². The van der Waals surface area contributed by atoms with E-state index in [-0.39, 0.29) is 30.4 Å². The van der Waals surface area contributed by atoms with Gasteiger partial charge in [0.25, 0.3) is 0 Å². The molecule has 0 aromatic carbocycles. The number of nitrogens with one attached hydrogen (secondary N) is 1. The normalized spacial score (nSPS) is 27.2. The van der Waals surface area contributed by atoms with Crippen molar-refractivity contribution in [2.45, 2.75) is 50.3 Å². The molecule has 6 nitrogen and oxygen atoms in total. The van der Waals surface area contributed by atoms with Crippen LogP contribution in [0, 0.1) is 0 Å². The van der Waals surface area contributed by atoms with E-state index in [1.54, 1.807) is 4.31 Å². The highest BCUT2D eigenvalue weighted by molar-refractivity contribution is 7.92. The van der Waals surface area contributed by atoms with E-state index >= 15 is 0 Å². The fourth-order valence-corrected chi connectivity index (χ4v) is 6.97. The largest absolute Gasteiger partial charge is 0.313 e. The van der Waals surface area contributed by atoms with Gasteiger partial charge in [-0.25, -0.2) is 21.1 Å². The van der Waals surface area contributed by atoms with Crippen LogP contribution in [0.4, 0.5) is 0 Å². The summed E-state index contributed by atoms with van der Waals surface area (Å²) < 4.78 is 50.1. The number of nitrogens with zero attached hydrogens (tertiary/aromatic N) is 1. The molecule has 124 valence electrons. The van der Waals surface area contributed by atoms with Crippen LogP contribution in [0.5, 0.6) is 0 Å². The van der Waals surface area contributed by atoms with Gasteiger partial charge in [-0.3, -0.25) is 0 Å². The van der Waals surface area contributed by atoms with Crippen molar-refractivity contribution in [3.63, 3.8) is 0 Å². The molecule has 0 bridgehead atoms. The molecule has 8 heteroatoms. The average molecular weight is 338 g/mol. The smallest absolute Gasteiger partial charge is 0.217 e. The monoisotopic (exact) mass is 338 g/mol. The fraction of sp³-hybridized carbons (Fsp3) is 1.00. The summed E-state index contributed by atoms with van der Waals surface area (Å²) in [5, 5.41) is 2.80. The molecule has 2 aliphatic heterocycles. The maximum atomic E-state index is 12.8. The van der Waals surface area contributed by atoms with Crippen LogP contribution in [0.1, 0.15) is 39.0 Å². The third-order valence-corrected chi connectivity index (χ3v) is 8.42. The second-order valence-corrected chi connectivity index (χ2v) is 10.6. The van der Waals surface area contributed by atoms with Crippen LogP contribution >= 0.6 is 0 Å². The van der Waals surface area contributed by atoms with Crippen LogP contribution in [0.15, 0.2) is 0 Å². The molecular formula is C13H26N2O4S2. The van der Waals surface area contributed by atoms with Crippen molar-refractivity contribution in [1.29, 1.82) is 0 Å². The van der Waals surface area contributed by atoms with Crippen LogP contribution < -0.4 is 5.32 Å². The lowest BCUT2D eigenvalue weighted by Gasteiger charge is -2.31. The maximum Gasteiger partial charge on any atom is 0.217 e. The Labute approximate surface area is 128 Å². The van der Waals surface area contributed by atoms with Gasteiger partial charge in [-0.2, -0.15) is 0 Å². The van der Waals surface area contributed by atoms with E-state index in [0.717, 1.165) is 25.8 Å². The van der Waals surface area contributed by atoms with Gasteiger partial charge < -0.3 is 5.32 Å². The van der Waals surface area contributed by atoms with E-state index in [0.29, 0.717) is 13.1 Å². The summed E-state index contributed by atoms with van der Waals surface area (Å²) in [4.78, 5) is 0. The third-order valence-electron chi connectivity index (χ3n) is 4.34. The summed E-state index contributed by atoms with van der Waals surface area (Å²) in [6, 6.07) is 0.235. The Morgan fingerprint density at radius 3 is 2.38 bits per heavy atom. The quantitative estimate of drug-likeness (QED) is 0.756. The molecule has 21 heavy (non-hydrogen) atoms. The lowest BCUT2D eigenvalue weighted by molar-refractivity contribution is 0.362.